The van der Waals surface area contributed by atoms with Gasteiger partial charge in [0.15, 0.2) is 0 Å². The molecule has 0 N–H and O–H groups in total. The molecule has 21 heavy (non-hydrogen) atoms. The van der Waals surface area contributed by atoms with Crippen molar-refractivity contribution in [2.24, 2.45) is 4.99 Å². The molecular weight excluding hydrogens is 278 g/mol. The van der Waals surface area contributed by atoms with Crippen molar-refractivity contribution < 1.29 is 0 Å². The summed E-state index contributed by atoms with van der Waals surface area (Å²) in [5, 5.41) is 10.4. The van der Waals surface area contributed by atoms with Gasteiger partial charge in [0.05, 0.1) is 11.9 Å². The number of aryl methyl sites for hydroxylation is 1. The number of nitrogens with zero attached hydrogens (tertiary/aromatic N) is 3. The van der Waals surface area contributed by atoms with Gasteiger partial charge in [-0.15, -0.1) is 11.3 Å². The highest BCUT2D eigenvalue weighted by Gasteiger charge is 2.19. The van der Waals surface area contributed by atoms with Gasteiger partial charge in [0, 0.05) is 18.0 Å². The molecule has 0 fully saturated rings. The molecule has 2 rings (SSSR count). The van der Waals surface area contributed by atoms with E-state index in [1.807, 2.05) is 6.34 Å². The number of hydrogen-bond acceptors (Lipinski definition) is 3. The smallest absolute Gasteiger partial charge is 0.136 e. The lowest BCUT2D eigenvalue weighted by atomic mass is 10.1. The summed E-state index contributed by atoms with van der Waals surface area (Å²) in [6.45, 7) is 6.43. The van der Waals surface area contributed by atoms with Gasteiger partial charge in [0.2, 0.25) is 0 Å². The van der Waals surface area contributed by atoms with Crippen molar-refractivity contribution in [2.75, 3.05) is 13.1 Å². The lowest BCUT2D eigenvalue weighted by Crippen LogP contribution is -2.23. The maximum atomic E-state index is 9.50. The molecule has 0 amide bonds. The molecule has 0 aromatic carbocycles. The summed E-state index contributed by atoms with van der Waals surface area (Å²) in [4.78, 5) is 8.30. The Morgan fingerprint density at radius 2 is 1.90 bits per heavy atom. The minimum Gasteiger partial charge on any atom is -0.363 e. The Labute approximate surface area is 132 Å². The summed E-state index contributed by atoms with van der Waals surface area (Å²) in [5.74, 6) is 0. The molecule has 0 saturated carbocycles. The molecule has 4 heteroatoms. The maximum Gasteiger partial charge on any atom is 0.136 e. The highest BCUT2D eigenvalue weighted by molar-refractivity contribution is 7.16. The second-order valence-electron chi connectivity index (χ2n) is 5.64. The van der Waals surface area contributed by atoms with E-state index in [2.05, 4.69) is 29.8 Å². The first-order valence-electron chi connectivity index (χ1n) is 8.13. The molecule has 1 aromatic rings. The summed E-state index contributed by atoms with van der Waals surface area (Å²) in [6.07, 6.45) is 10.1. The van der Waals surface area contributed by atoms with Gasteiger partial charge >= 0.3 is 0 Å². The van der Waals surface area contributed by atoms with E-state index in [9.17, 15) is 5.26 Å². The zero-order valence-electron chi connectivity index (χ0n) is 13.2. The van der Waals surface area contributed by atoms with Crippen molar-refractivity contribution in [3.05, 3.63) is 16.0 Å². The Hall–Kier alpha value is -1.34. The quantitative estimate of drug-likeness (QED) is 0.435. The van der Waals surface area contributed by atoms with Gasteiger partial charge in [-0.2, -0.15) is 5.26 Å². The van der Waals surface area contributed by atoms with Crippen molar-refractivity contribution in [1.29, 1.82) is 5.26 Å². The monoisotopic (exact) mass is 303 g/mol. The van der Waals surface area contributed by atoms with Crippen molar-refractivity contribution in [3.8, 4) is 6.07 Å². The van der Waals surface area contributed by atoms with E-state index in [1.165, 1.54) is 29.7 Å². The van der Waals surface area contributed by atoms with Crippen LogP contribution in [0.15, 0.2) is 4.99 Å². The van der Waals surface area contributed by atoms with Gasteiger partial charge in [0.1, 0.15) is 11.1 Å². The number of fused-ring (bicyclic) bond motifs is 1. The highest BCUT2D eigenvalue weighted by atomic mass is 32.1. The SMILES string of the molecule is CCCN(C=Nc1sc2c(c1C#N)CCCCC2)CCC. The molecule has 1 heterocycles. The van der Waals surface area contributed by atoms with Crippen LogP contribution < -0.4 is 0 Å². The van der Waals surface area contributed by atoms with Crippen molar-refractivity contribution in [2.45, 2.75) is 58.8 Å². The first-order valence-corrected chi connectivity index (χ1v) is 8.94. The lowest BCUT2D eigenvalue weighted by Gasteiger charge is -2.17. The molecule has 3 nitrogen and oxygen atoms in total. The Bertz CT molecular complexity index is 519. The topological polar surface area (TPSA) is 39.4 Å². The molecule has 1 aliphatic rings. The van der Waals surface area contributed by atoms with Crippen LogP contribution in [0.3, 0.4) is 0 Å². The average Bonchev–Trinajstić information content (AvgIpc) is 2.65. The molecule has 0 radical (unpaired) electrons. The fourth-order valence-corrected chi connectivity index (χ4v) is 4.05. The van der Waals surface area contributed by atoms with Crippen molar-refractivity contribution in [3.63, 3.8) is 0 Å². The average molecular weight is 303 g/mol. The zero-order chi connectivity index (χ0) is 15.1. The molecular formula is C17H25N3S. The van der Waals surface area contributed by atoms with Crippen LogP contribution in [0.2, 0.25) is 0 Å². The van der Waals surface area contributed by atoms with E-state index in [0.717, 1.165) is 49.3 Å². The van der Waals surface area contributed by atoms with E-state index >= 15 is 0 Å². The van der Waals surface area contributed by atoms with Gasteiger partial charge in [0.25, 0.3) is 0 Å². The fraction of sp³-hybridized carbons (Fsp3) is 0.647. The number of rotatable bonds is 6. The van der Waals surface area contributed by atoms with Gasteiger partial charge in [-0.1, -0.05) is 20.3 Å². The predicted molar refractivity (Wildman–Crippen MR) is 90.6 cm³/mol. The van der Waals surface area contributed by atoms with Gasteiger partial charge < -0.3 is 4.90 Å². The normalized spacial score (nSPS) is 14.7. The zero-order valence-corrected chi connectivity index (χ0v) is 14.0. The first-order chi connectivity index (χ1) is 10.3. The van der Waals surface area contributed by atoms with Crippen LogP contribution in [0.25, 0.3) is 0 Å². The number of nitriles is 1. The highest BCUT2D eigenvalue weighted by Crippen LogP contribution is 2.38. The van der Waals surface area contributed by atoms with Crippen molar-refractivity contribution >= 4 is 22.7 Å². The standard InChI is InChI=1S/C17H25N3S/c1-3-10-20(11-4-2)13-19-17-15(12-18)14-8-6-5-7-9-16(14)21-17/h13H,3-11H2,1-2H3. The molecule has 0 spiro atoms. The maximum absolute atomic E-state index is 9.50. The molecule has 0 atom stereocenters. The van der Waals surface area contributed by atoms with E-state index in [4.69, 9.17) is 0 Å². The van der Waals surface area contributed by atoms with Gasteiger partial charge in [-0.05, 0) is 44.1 Å². The fourth-order valence-electron chi connectivity index (χ4n) is 2.87. The van der Waals surface area contributed by atoms with Gasteiger partial charge in [-0.3, -0.25) is 0 Å². The molecule has 0 saturated heterocycles. The second-order valence-corrected chi connectivity index (χ2v) is 6.72. The molecule has 0 unspecified atom stereocenters. The summed E-state index contributed by atoms with van der Waals surface area (Å²) < 4.78 is 0. The third kappa shape index (κ3) is 4.07. The van der Waals surface area contributed by atoms with E-state index in [0.29, 0.717) is 0 Å². The van der Waals surface area contributed by atoms with Crippen LogP contribution in [0.4, 0.5) is 5.00 Å². The minimum atomic E-state index is 0.834. The Morgan fingerprint density at radius 1 is 1.19 bits per heavy atom. The van der Waals surface area contributed by atoms with E-state index < -0.39 is 0 Å². The molecule has 1 aromatic heterocycles. The molecule has 1 aliphatic carbocycles. The summed E-state index contributed by atoms with van der Waals surface area (Å²) >= 11 is 1.73. The van der Waals surface area contributed by atoms with Crippen LogP contribution in [0.5, 0.6) is 0 Å². The van der Waals surface area contributed by atoms with Gasteiger partial charge in [-0.25, -0.2) is 4.99 Å². The van der Waals surface area contributed by atoms with Crippen molar-refractivity contribution in [1.82, 2.24) is 4.90 Å². The summed E-state index contributed by atoms with van der Waals surface area (Å²) in [5.41, 5.74) is 2.12. The third-order valence-electron chi connectivity index (χ3n) is 3.87. The number of thiophene rings is 1. The minimum absolute atomic E-state index is 0.834. The van der Waals surface area contributed by atoms with Crippen LogP contribution >= 0.6 is 11.3 Å². The molecule has 0 aliphatic heterocycles. The van der Waals surface area contributed by atoms with E-state index in [1.54, 1.807) is 11.3 Å². The Morgan fingerprint density at radius 3 is 2.57 bits per heavy atom. The van der Waals surface area contributed by atoms with Crippen LogP contribution in [-0.4, -0.2) is 24.3 Å². The molecule has 114 valence electrons. The number of aliphatic imine (C=N–C) groups is 1. The largest absolute Gasteiger partial charge is 0.363 e. The second kappa shape index (κ2) is 8.19. The predicted octanol–water partition coefficient (Wildman–Crippen LogP) is 4.67. The Kier molecular flexibility index (Phi) is 6.25. The van der Waals surface area contributed by atoms with E-state index in [-0.39, 0.29) is 0 Å². The lowest BCUT2D eigenvalue weighted by molar-refractivity contribution is 0.429. The Balaban J connectivity index is 2.21. The third-order valence-corrected chi connectivity index (χ3v) is 5.07. The first kappa shape index (κ1) is 16.0. The summed E-state index contributed by atoms with van der Waals surface area (Å²) in [7, 11) is 0. The summed E-state index contributed by atoms with van der Waals surface area (Å²) in [6, 6.07) is 2.40. The van der Waals surface area contributed by atoms with Crippen LogP contribution in [0, 0.1) is 11.3 Å². The van der Waals surface area contributed by atoms with Crippen LogP contribution in [0.1, 0.15) is 62.0 Å². The number of hydrogen-bond donors (Lipinski definition) is 0. The van der Waals surface area contributed by atoms with Crippen LogP contribution in [-0.2, 0) is 12.8 Å². The molecule has 0 bridgehead atoms.